The number of benzene rings is 1. The first-order valence-corrected chi connectivity index (χ1v) is 7.78. The summed E-state index contributed by atoms with van der Waals surface area (Å²) >= 11 is 1.19. The van der Waals surface area contributed by atoms with E-state index in [1.165, 1.54) is 41.0 Å². The molecule has 3 N–H and O–H groups in total. The highest BCUT2D eigenvalue weighted by molar-refractivity contribution is 7.89. The minimum Gasteiger partial charge on any atom is -0.508 e. The molecule has 1 heterocycles. The van der Waals surface area contributed by atoms with Gasteiger partial charge < -0.3 is 5.11 Å². The summed E-state index contributed by atoms with van der Waals surface area (Å²) in [7, 11) is -3.88. The normalized spacial score (nSPS) is 11.2. The molecule has 20 heavy (non-hydrogen) atoms. The maximum absolute atomic E-state index is 11.8. The van der Waals surface area contributed by atoms with Gasteiger partial charge in [0.15, 0.2) is 5.03 Å². The summed E-state index contributed by atoms with van der Waals surface area (Å²) in [5.74, 6) is -0.624. The molecule has 0 aliphatic rings. The molecule has 1 aromatic heterocycles. The molecule has 2 rings (SSSR count). The van der Waals surface area contributed by atoms with Crippen molar-refractivity contribution in [3.8, 4) is 5.75 Å². The van der Waals surface area contributed by atoms with Gasteiger partial charge in [0.05, 0.1) is 5.01 Å². The molecule has 1 amide bonds. The maximum atomic E-state index is 11.8. The lowest BCUT2D eigenvalue weighted by Gasteiger charge is -2.06. The quantitative estimate of drug-likeness (QED) is 0.723. The van der Waals surface area contributed by atoms with Crippen LogP contribution in [0.1, 0.15) is 15.4 Å². The Labute approximate surface area is 119 Å². The number of aromatic nitrogens is 1. The maximum Gasteiger partial charge on any atom is 0.275 e. The van der Waals surface area contributed by atoms with Crippen LogP contribution in [-0.2, 0) is 10.0 Å². The van der Waals surface area contributed by atoms with Crippen LogP contribution in [0, 0.1) is 6.92 Å². The number of hydrazine groups is 1. The fraction of sp³-hybridized carbons (Fsp3) is 0.0909. The van der Waals surface area contributed by atoms with E-state index in [1.807, 2.05) is 4.83 Å². The molecule has 0 aliphatic carbocycles. The smallest absolute Gasteiger partial charge is 0.275 e. The number of aromatic hydroxyl groups is 1. The van der Waals surface area contributed by atoms with E-state index in [1.54, 1.807) is 6.92 Å². The van der Waals surface area contributed by atoms with Crippen LogP contribution in [0.2, 0.25) is 0 Å². The van der Waals surface area contributed by atoms with Crippen molar-refractivity contribution in [1.29, 1.82) is 0 Å². The molecule has 0 spiro atoms. The zero-order valence-corrected chi connectivity index (χ0v) is 12.0. The molecule has 0 bridgehead atoms. The SMILES string of the molecule is Cc1nc(S(=O)(=O)NNC(=O)c2ccc(O)cc2)cs1. The number of rotatable bonds is 4. The van der Waals surface area contributed by atoms with Gasteiger partial charge in [0.1, 0.15) is 5.75 Å². The summed E-state index contributed by atoms with van der Waals surface area (Å²) in [6.45, 7) is 1.68. The second-order valence-corrected chi connectivity index (χ2v) is 6.50. The summed E-state index contributed by atoms with van der Waals surface area (Å²) in [5, 5.41) is 10.9. The van der Waals surface area contributed by atoms with Crippen molar-refractivity contribution >= 4 is 27.3 Å². The Hall–Kier alpha value is -1.97. The molecule has 0 radical (unpaired) electrons. The fourth-order valence-corrected chi connectivity index (χ4v) is 3.09. The molecule has 0 saturated carbocycles. The topological polar surface area (TPSA) is 108 Å². The number of hydrogen-bond donors (Lipinski definition) is 3. The third-order valence-electron chi connectivity index (χ3n) is 2.30. The molecule has 7 nitrogen and oxygen atoms in total. The van der Waals surface area contributed by atoms with Crippen molar-refractivity contribution < 1.29 is 18.3 Å². The molecule has 0 atom stereocenters. The van der Waals surface area contributed by atoms with Crippen molar-refractivity contribution in [2.45, 2.75) is 11.9 Å². The van der Waals surface area contributed by atoms with Gasteiger partial charge in [-0.15, -0.1) is 16.2 Å². The molecule has 1 aromatic carbocycles. The van der Waals surface area contributed by atoms with Crippen molar-refractivity contribution in [3.05, 3.63) is 40.2 Å². The van der Waals surface area contributed by atoms with Gasteiger partial charge in [-0.25, -0.2) is 13.4 Å². The molecule has 0 aliphatic heterocycles. The molecule has 0 fully saturated rings. The third kappa shape index (κ3) is 3.32. The lowest BCUT2D eigenvalue weighted by atomic mass is 10.2. The average Bonchev–Trinajstić information content (AvgIpc) is 2.84. The highest BCUT2D eigenvalue weighted by atomic mass is 32.2. The van der Waals surface area contributed by atoms with Gasteiger partial charge in [0, 0.05) is 10.9 Å². The van der Waals surface area contributed by atoms with Gasteiger partial charge in [-0.05, 0) is 31.2 Å². The standard InChI is InChI=1S/C11H11N3O4S2/c1-7-12-10(6-19-7)20(17,18)14-13-11(16)8-2-4-9(15)5-3-8/h2-6,14-15H,1H3,(H,13,16). The first-order valence-electron chi connectivity index (χ1n) is 5.42. The Morgan fingerprint density at radius 3 is 2.50 bits per heavy atom. The average molecular weight is 313 g/mol. The van der Waals surface area contributed by atoms with Gasteiger partial charge in [-0.3, -0.25) is 10.2 Å². The number of aryl methyl sites for hydroxylation is 1. The Kier molecular flexibility index (Phi) is 4.02. The van der Waals surface area contributed by atoms with E-state index in [9.17, 15) is 13.2 Å². The van der Waals surface area contributed by atoms with E-state index < -0.39 is 15.9 Å². The Bertz CT molecular complexity index is 722. The highest BCUT2D eigenvalue weighted by Gasteiger charge is 2.18. The summed E-state index contributed by atoms with van der Waals surface area (Å²) in [4.78, 5) is 17.5. The Morgan fingerprint density at radius 2 is 1.95 bits per heavy atom. The Morgan fingerprint density at radius 1 is 1.30 bits per heavy atom. The molecule has 0 unspecified atom stereocenters. The number of phenolic OH excluding ortho intramolecular Hbond substituents is 1. The third-order valence-corrected chi connectivity index (χ3v) is 4.35. The van der Waals surface area contributed by atoms with Gasteiger partial charge in [-0.2, -0.15) is 0 Å². The van der Waals surface area contributed by atoms with Crippen LogP contribution in [-0.4, -0.2) is 24.4 Å². The molecule has 106 valence electrons. The number of thiazole rings is 1. The minimum absolute atomic E-state index is 0.0140. The monoisotopic (exact) mass is 313 g/mol. The van der Waals surface area contributed by atoms with Crippen LogP contribution < -0.4 is 10.3 Å². The predicted octanol–water partition coefficient (Wildman–Crippen LogP) is 0.780. The first kappa shape index (κ1) is 14.4. The second kappa shape index (κ2) is 5.57. The fourth-order valence-electron chi connectivity index (χ4n) is 1.32. The Balaban J connectivity index is 2.05. The van der Waals surface area contributed by atoms with E-state index >= 15 is 0 Å². The second-order valence-electron chi connectivity index (χ2n) is 3.81. The van der Waals surface area contributed by atoms with Crippen LogP contribution in [0.25, 0.3) is 0 Å². The number of phenols is 1. The summed E-state index contributed by atoms with van der Waals surface area (Å²) < 4.78 is 23.6. The van der Waals surface area contributed by atoms with E-state index in [0.29, 0.717) is 5.01 Å². The summed E-state index contributed by atoms with van der Waals surface area (Å²) in [6, 6.07) is 5.39. The lowest BCUT2D eigenvalue weighted by molar-refractivity contribution is 0.0945. The van der Waals surface area contributed by atoms with E-state index in [-0.39, 0.29) is 16.3 Å². The van der Waals surface area contributed by atoms with Gasteiger partial charge in [0.25, 0.3) is 15.9 Å². The largest absolute Gasteiger partial charge is 0.508 e. The predicted molar refractivity (Wildman–Crippen MR) is 72.7 cm³/mol. The summed E-state index contributed by atoms with van der Waals surface area (Å²) in [6.07, 6.45) is 0. The van der Waals surface area contributed by atoms with Gasteiger partial charge >= 0.3 is 0 Å². The number of carbonyl (C=O) groups is 1. The zero-order valence-electron chi connectivity index (χ0n) is 10.3. The van der Waals surface area contributed by atoms with Gasteiger partial charge in [0.2, 0.25) is 0 Å². The van der Waals surface area contributed by atoms with Crippen molar-refractivity contribution in [2.75, 3.05) is 0 Å². The lowest BCUT2D eigenvalue weighted by Crippen LogP contribution is -2.41. The van der Waals surface area contributed by atoms with Crippen LogP contribution >= 0.6 is 11.3 Å². The molecular weight excluding hydrogens is 302 g/mol. The van der Waals surface area contributed by atoms with Crippen LogP contribution in [0.15, 0.2) is 34.7 Å². The summed E-state index contributed by atoms with van der Waals surface area (Å²) in [5.41, 5.74) is 2.28. The first-order chi connectivity index (χ1) is 9.38. The number of nitrogens with one attached hydrogen (secondary N) is 2. The minimum atomic E-state index is -3.88. The van der Waals surface area contributed by atoms with E-state index in [2.05, 4.69) is 10.4 Å². The van der Waals surface area contributed by atoms with Gasteiger partial charge in [-0.1, -0.05) is 0 Å². The molecule has 9 heteroatoms. The zero-order chi connectivity index (χ0) is 14.8. The van der Waals surface area contributed by atoms with Crippen molar-refractivity contribution in [1.82, 2.24) is 15.2 Å². The molecule has 2 aromatic rings. The number of nitrogens with zero attached hydrogens (tertiary/aromatic N) is 1. The van der Waals surface area contributed by atoms with E-state index in [0.717, 1.165) is 0 Å². The number of amides is 1. The van der Waals surface area contributed by atoms with Crippen LogP contribution in [0.3, 0.4) is 0 Å². The number of hydrogen-bond acceptors (Lipinski definition) is 6. The van der Waals surface area contributed by atoms with Crippen LogP contribution in [0.4, 0.5) is 0 Å². The van der Waals surface area contributed by atoms with Crippen molar-refractivity contribution in [2.24, 2.45) is 0 Å². The molecule has 0 saturated heterocycles. The highest BCUT2D eigenvalue weighted by Crippen LogP contribution is 2.13. The van der Waals surface area contributed by atoms with E-state index in [4.69, 9.17) is 5.11 Å². The van der Waals surface area contributed by atoms with Crippen molar-refractivity contribution in [3.63, 3.8) is 0 Å². The van der Waals surface area contributed by atoms with Crippen LogP contribution in [0.5, 0.6) is 5.75 Å². The molecular formula is C11H11N3O4S2. The number of carbonyl (C=O) groups excluding carboxylic acids is 1. The number of sulfonamides is 1.